The van der Waals surface area contributed by atoms with Gasteiger partial charge in [-0.1, -0.05) is 6.92 Å². The molecule has 2 rings (SSSR count). The second-order valence-electron chi connectivity index (χ2n) is 5.89. The Labute approximate surface area is 131 Å². The third-order valence-corrected chi connectivity index (χ3v) is 7.22. The van der Waals surface area contributed by atoms with Crippen LogP contribution in [0.5, 0.6) is 0 Å². The van der Waals surface area contributed by atoms with Gasteiger partial charge in [0.05, 0.1) is 18.8 Å². The van der Waals surface area contributed by atoms with Crippen LogP contribution in [0.3, 0.4) is 0 Å². The van der Waals surface area contributed by atoms with E-state index in [0.29, 0.717) is 31.2 Å². The highest BCUT2D eigenvalue weighted by Gasteiger charge is 2.41. The van der Waals surface area contributed by atoms with Gasteiger partial charge in [0.1, 0.15) is 4.90 Å². The second-order valence-corrected chi connectivity index (χ2v) is 8.66. The van der Waals surface area contributed by atoms with E-state index < -0.39 is 15.6 Å². The van der Waals surface area contributed by atoms with E-state index in [1.165, 1.54) is 11.3 Å². The molecule has 7 heteroatoms. The average molecular weight is 332 g/mol. The van der Waals surface area contributed by atoms with Crippen LogP contribution >= 0.6 is 11.3 Å². The number of ether oxygens (including phenoxy) is 1. The molecular weight excluding hydrogens is 308 g/mol. The van der Waals surface area contributed by atoms with E-state index in [1.807, 2.05) is 33.1 Å². The van der Waals surface area contributed by atoms with Crippen LogP contribution in [0.15, 0.2) is 10.3 Å². The van der Waals surface area contributed by atoms with E-state index in [2.05, 4.69) is 5.32 Å². The molecule has 1 aliphatic heterocycles. The molecule has 0 unspecified atom stereocenters. The largest absolute Gasteiger partial charge is 0.378 e. The molecule has 2 heterocycles. The van der Waals surface area contributed by atoms with Crippen molar-refractivity contribution in [3.63, 3.8) is 0 Å². The topological polar surface area (TPSA) is 58.6 Å². The fourth-order valence-corrected chi connectivity index (χ4v) is 6.08. The van der Waals surface area contributed by atoms with Crippen molar-refractivity contribution in [2.24, 2.45) is 0 Å². The predicted octanol–water partition coefficient (Wildman–Crippen LogP) is 1.97. The lowest BCUT2D eigenvalue weighted by atomic mass is 10.1. The first-order valence-corrected chi connectivity index (χ1v) is 9.51. The molecule has 1 aromatic heterocycles. The quantitative estimate of drug-likeness (QED) is 0.895. The molecule has 0 aliphatic carbocycles. The highest BCUT2D eigenvalue weighted by atomic mass is 32.2. The van der Waals surface area contributed by atoms with Gasteiger partial charge in [0.2, 0.25) is 10.0 Å². The summed E-state index contributed by atoms with van der Waals surface area (Å²) in [6, 6.07) is 0. The summed E-state index contributed by atoms with van der Waals surface area (Å²) in [6.45, 7) is 10.4. The molecule has 1 aliphatic rings. The van der Waals surface area contributed by atoms with Crippen LogP contribution in [0, 0.1) is 6.92 Å². The van der Waals surface area contributed by atoms with E-state index in [9.17, 15) is 8.42 Å². The van der Waals surface area contributed by atoms with E-state index in [4.69, 9.17) is 4.74 Å². The highest BCUT2D eigenvalue weighted by Crippen LogP contribution is 2.34. The maximum atomic E-state index is 13.1. The van der Waals surface area contributed by atoms with Crippen molar-refractivity contribution in [2.75, 3.05) is 26.3 Å². The number of nitrogens with one attached hydrogen (secondary N) is 1. The number of sulfonamides is 1. The number of thiophene rings is 1. The van der Waals surface area contributed by atoms with Crippen molar-refractivity contribution in [1.82, 2.24) is 9.62 Å². The molecule has 120 valence electrons. The van der Waals surface area contributed by atoms with Gasteiger partial charge in [-0.3, -0.25) is 0 Å². The fourth-order valence-electron chi connectivity index (χ4n) is 2.59. The molecule has 0 amide bonds. The van der Waals surface area contributed by atoms with E-state index in [-0.39, 0.29) is 0 Å². The van der Waals surface area contributed by atoms with Crippen molar-refractivity contribution in [3.8, 4) is 0 Å². The molecule has 21 heavy (non-hydrogen) atoms. The number of aryl methyl sites for hydroxylation is 1. The normalized spacial score (nSPS) is 19.8. The number of rotatable bonds is 5. The fraction of sp³-hybridized carbons (Fsp3) is 0.714. The molecule has 0 atom stereocenters. The Hall–Kier alpha value is -0.470. The molecular formula is C14H24N2O3S2. The molecule has 0 saturated carbocycles. The molecule has 0 aromatic carbocycles. The van der Waals surface area contributed by atoms with Crippen LogP contribution in [0.2, 0.25) is 0 Å². The lowest BCUT2D eigenvalue weighted by molar-refractivity contribution is -0.00773. The number of hydrogen-bond donors (Lipinski definition) is 1. The zero-order valence-electron chi connectivity index (χ0n) is 13.1. The molecule has 0 spiro atoms. The highest BCUT2D eigenvalue weighted by molar-refractivity contribution is 7.89. The SMILES string of the molecule is CCNCc1scc(C)c1S(=O)(=O)N1CCOCC1(C)C. The maximum absolute atomic E-state index is 13.1. The summed E-state index contributed by atoms with van der Waals surface area (Å²) in [4.78, 5) is 1.36. The van der Waals surface area contributed by atoms with Crippen LogP contribution in [0.25, 0.3) is 0 Å². The maximum Gasteiger partial charge on any atom is 0.245 e. The zero-order chi connectivity index (χ0) is 15.7. The minimum atomic E-state index is -3.49. The summed E-state index contributed by atoms with van der Waals surface area (Å²) in [6.07, 6.45) is 0. The molecule has 5 nitrogen and oxygen atoms in total. The smallest absolute Gasteiger partial charge is 0.245 e. The van der Waals surface area contributed by atoms with Gasteiger partial charge in [-0.15, -0.1) is 11.3 Å². The third-order valence-electron chi connectivity index (χ3n) is 3.64. The summed E-state index contributed by atoms with van der Waals surface area (Å²) in [5.74, 6) is 0. The Bertz CT molecular complexity index is 593. The average Bonchev–Trinajstić information content (AvgIpc) is 2.77. The summed E-state index contributed by atoms with van der Waals surface area (Å²) in [5, 5.41) is 5.14. The molecule has 1 N–H and O–H groups in total. The molecule has 0 bridgehead atoms. The van der Waals surface area contributed by atoms with Crippen molar-refractivity contribution >= 4 is 21.4 Å². The number of hydrogen-bond acceptors (Lipinski definition) is 5. The summed E-state index contributed by atoms with van der Waals surface area (Å²) >= 11 is 1.51. The number of morpholine rings is 1. The monoisotopic (exact) mass is 332 g/mol. The predicted molar refractivity (Wildman–Crippen MR) is 85.2 cm³/mol. The molecule has 1 saturated heterocycles. The van der Waals surface area contributed by atoms with Gasteiger partial charge in [-0.2, -0.15) is 4.31 Å². The standard InChI is InChI=1S/C14H24N2O3S2/c1-5-15-8-12-13(11(2)9-20-12)21(17,18)16-6-7-19-10-14(16,3)4/h9,15H,5-8,10H2,1-4H3. The first kappa shape index (κ1) is 16.9. The third kappa shape index (κ3) is 3.32. The minimum Gasteiger partial charge on any atom is -0.378 e. The van der Waals surface area contributed by atoms with E-state index in [1.54, 1.807) is 4.31 Å². The van der Waals surface area contributed by atoms with Crippen LogP contribution in [0.1, 0.15) is 31.2 Å². The Kier molecular flexibility index (Phi) is 5.10. The Morgan fingerprint density at radius 2 is 2.19 bits per heavy atom. The zero-order valence-corrected chi connectivity index (χ0v) is 14.7. The van der Waals surface area contributed by atoms with Gasteiger partial charge in [0, 0.05) is 18.0 Å². The van der Waals surface area contributed by atoms with Crippen molar-refractivity contribution in [1.29, 1.82) is 0 Å². The van der Waals surface area contributed by atoms with E-state index in [0.717, 1.165) is 17.0 Å². The van der Waals surface area contributed by atoms with Gasteiger partial charge in [-0.05, 0) is 38.3 Å². The van der Waals surface area contributed by atoms with Gasteiger partial charge < -0.3 is 10.1 Å². The van der Waals surface area contributed by atoms with Crippen molar-refractivity contribution in [3.05, 3.63) is 15.8 Å². The van der Waals surface area contributed by atoms with Gasteiger partial charge in [0.25, 0.3) is 0 Å². The van der Waals surface area contributed by atoms with Crippen LogP contribution < -0.4 is 5.32 Å². The number of nitrogens with zero attached hydrogens (tertiary/aromatic N) is 1. The lowest BCUT2D eigenvalue weighted by Crippen LogP contribution is -2.55. The Balaban J connectivity index is 2.41. The second kappa shape index (κ2) is 6.34. The van der Waals surface area contributed by atoms with Gasteiger partial charge >= 0.3 is 0 Å². The molecule has 1 fully saturated rings. The van der Waals surface area contributed by atoms with E-state index >= 15 is 0 Å². The van der Waals surface area contributed by atoms with Crippen molar-refractivity contribution in [2.45, 2.75) is 44.7 Å². The first-order valence-electron chi connectivity index (χ1n) is 7.19. The summed E-state index contributed by atoms with van der Waals surface area (Å²) < 4.78 is 33.3. The Morgan fingerprint density at radius 1 is 1.48 bits per heavy atom. The Morgan fingerprint density at radius 3 is 2.81 bits per heavy atom. The summed E-state index contributed by atoms with van der Waals surface area (Å²) in [7, 11) is -3.49. The van der Waals surface area contributed by atoms with Crippen LogP contribution in [0.4, 0.5) is 0 Å². The first-order chi connectivity index (χ1) is 9.80. The lowest BCUT2D eigenvalue weighted by Gasteiger charge is -2.40. The van der Waals surface area contributed by atoms with Gasteiger partial charge in [0.15, 0.2) is 0 Å². The van der Waals surface area contributed by atoms with Gasteiger partial charge in [-0.25, -0.2) is 8.42 Å². The molecule has 1 aromatic rings. The minimum absolute atomic E-state index is 0.408. The van der Waals surface area contributed by atoms with Crippen molar-refractivity contribution < 1.29 is 13.2 Å². The summed E-state index contributed by atoms with van der Waals surface area (Å²) in [5.41, 5.74) is 0.316. The molecule has 0 radical (unpaired) electrons. The van der Waals surface area contributed by atoms with Crippen LogP contribution in [-0.2, 0) is 21.3 Å². The van der Waals surface area contributed by atoms with Crippen LogP contribution in [-0.4, -0.2) is 44.6 Å².